The van der Waals surface area contributed by atoms with Crippen molar-refractivity contribution >= 4 is 28.2 Å². The van der Waals surface area contributed by atoms with Gasteiger partial charge >= 0.3 is 0 Å². The summed E-state index contributed by atoms with van der Waals surface area (Å²) >= 11 is 1.60. The molecule has 3 N–H and O–H groups in total. The first kappa shape index (κ1) is 15.6. The monoisotopic (exact) mass is 311 g/mol. The van der Waals surface area contributed by atoms with Gasteiger partial charge in [-0.2, -0.15) is 0 Å². The molecule has 1 aromatic rings. The summed E-state index contributed by atoms with van der Waals surface area (Å²) in [5.41, 5.74) is 5.66. The molecule has 0 spiro atoms. The molecular weight excluding hydrogens is 290 g/mol. The average Bonchev–Trinajstić information content (AvgIpc) is 3.01. The van der Waals surface area contributed by atoms with E-state index in [1.54, 1.807) is 22.4 Å². The van der Waals surface area contributed by atoms with Gasteiger partial charge in [0.25, 0.3) is 0 Å². The molecule has 116 valence electrons. The van der Waals surface area contributed by atoms with Gasteiger partial charge in [0.15, 0.2) is 11.0 Å². The van der Waals surface area contributed by atoms with Gasteiger partial charge in [-0.1, -0.05) is 19.0 Å². The highest BCUT2D eigenvalue weighted by Crippen LogP contribution is 2.21. The van der Waals surface area contributed by atoms with Crippen molar-refractivity contribution in [3.8, 4) is 0 Å². The predicted octanol–water partition coefficient (Wildman–Crippen LogP) is 0.810. The Morgan fingerprint density at radius 1 is 1.43 bits per heavy atom. The van der Waals surface area contributed by atoms with Crippen LogP contribution >= 0.6 is 11.3 Å². The van der Waals surface area contributed by atoms with Crippen molar-refractivity contribution < 1.29 is 10.0 Å². The van der Waals surface area contributed by atoms with Crippen LogP contribution in [-0.4, -0.2) is 53.0 Å². The Kier molecular flexibility index (Phi) is 5.00. The lowest BCUT2D eigenvalue weighted by Gasteiger charge is -2.36. The molecule has 0 aromatic carbocycles. The van der Waals surface area contributed by atoms with E-state index in [0.29, 0.717) is 13.1 Å². The molecule has 21 heavy (non-hydrogen) atoms. The average molecular weight is 311 g/mol. The summed E-state index contributed by atoms with van der Waals surface area (Å²) in [5, 5.41) is 14.8. The molecule has 1 unspecified atom stereocenters. The number of thiazole rings is 1. The van der Waals surface area contributed by atoms with Crippen LogP contribution in [0.1, 0.15) is 13.8 Å². The van der Waals surface area contributed by atoms with E-state index in [9.17, 15) is 4.79 Å². The number of oxime groups is 1. The van der Waals surface area contributed by atoms with Crippen molar-refractivity contribution in [1.29, 1.82) is 0 Å². The van der Waals surface area contributed by atoms with Crippen LogP contribution in [0.15, 0.2) is 16.7 Å². The largest absolute Gasteiger partial charge is 0.409 e. The maximum Gasteiger partial charge on any atom is 0.233 e. The van der Waals surface area contributed by atoms with E-state index in [-0.39, 0.29) is 17.7 Å². The van der Waals surface area contributed by atoms with Gasteiger partial charge in [-0.25, -0.2) is 4.98 Å². The second-order valence-corrected chi connectivity index (χ2v) is 6.25. The summed E-state index contributed by atoms with van der Waals surface area (Å²) in [7, 11) is 0. The number of piperazine rings is 1. The van der Waals surface area contributed by atoms with Crippen molar-refractivity contribution in [3.05, 3.63) is 11.6 Å². The Morgan fingerprint density at radius 2 is 2.10 bits per heavy atom. The third-order valence-corrected chi connectivity index (χ3v) is 4.48. The number of nitrogens with zero attached hydrogens (tertiary/aromatic N) is 4. The minimum atomic E-state index is -0.568. The zero-order chi connectivity index (χ0) is 15.4. The van der Waals surface area contributed by atoms with E-state index in [2.05, 4.69) is 15.0 Å². The summed E-state index contributed by atoms with van der Waals surface area (Å²) in [5.74, 6) is -0.664. The lowest BCUT2D eigenvalue weighted by molar-refractivity contribution is -0.134. The molecule has 2 heterocycles. The Hall–Kier alpha value is -1.83. The van der Waals surface area contributed by atoms with E-state index in [4.69, 9.17) is 10.9 Å². The summed E-state index contributed by atoms with van der Waals surface area (Å²) in [6.45, 7) is 6.54. The smallest absolute Gasteiger partial charge is 0.233 e. The maximum absolute atomic E-state index is 12.6. The summed E-state index contributed by atoms with van der Waals surface area (Å²) in [4.78, 5) is 20.8. The molecule has 0 radical (unpaired) electrons. The van der Waals surface area contributed by atoms with Crippen LogP contribution in [0, 0.1) is 11.8 Å². The van der Waals surface area contributed by atoms with Gasteiger partial charge in [-0.3, -0.25) is 4.79 Å². The number of hydrogen-bond acceptors (Lipinski definition) is 6. The van der Waals surface area contributed by atoms with Crippen LogP contribution in [-0.2, 0) is 4.79 Å². The van der Waals surface area contributed by atoms with Crippen molar-refractivity contribution in [2.45, 2.75) is 13.8 Å². The van der Waals surface area contributed by atoms with Crippen LogP contribution in [0.5, 0.6) is 0 Å². The molecular formula is C13H21N5O2S. The lowest BCUT2D eigenvalue weighted by Crippen LogP contribution is -2.53. The van der Waals surface area contributed by atoms with Gasteiger partial charge in [0, 0.05) is 37.8 Å². The third kappa shape index (κ3) is 3.44. The van der Waals surface area contributed by atoms with Gasteiger partial charge in [0.1, 0.15) is 5.92 Å². The standard InChI is InChI=1S/C13H21N5O2S/c1-9(2)10(11(14)16-20)12(19)17-4-6-18(7-5-17)13-15-3-8-21-13/h3,8-10,20H,4-7H2,1-2H3,(H2,14,16). The van der Waals surface area contributed by atoms with Crippen LogP contribution < -0.4 is 10.6 Å². The first-order chi connectivity index (χ1) is 10.0. The van der Waals surface area contributed by atoms with Crippen LogP contribution in [0.25, 0.3) is 0 Å². The van der Waals surface area contributed by atoms with Crippen molar-refractivity contribution in [2.24, 2.45) is 22.7 Å². The fraction of sp³-hybridized carbons (Fsp3) is 0.615. The Labute approximate surface area is 128 Å². The van der Waals surface area contributed by atoms with Crippen LogP contribution in [0.3, 0.4) is 0 Å². The number of nitrogens with two attached hydrogens (primary N) is 1. The molecule has 0 saturated carbocycles. The zero-order valence-electron chi connectivity index (χ0n) is 12.3. The Bertz CT molecular complexity index is 495. The predicted molar refractivity (Wildman–Crippen MR) is 82.6 cm³/mol. The van der Waals surface area contributed by atoms with E-state index in [1.807, 2.05) is 19.2 Å². The summed E-state index contributed by atoms with van der Waals surface area (Å²) in [6, 6.07) is 0. The molecule has 7 nitrogen and oxygen atoms in total. The second kappa shape index (κ2) is 6.75. The normalized spacial score (nSPS) is 18.1. The molecule has 0 aliphatic carbocycles. The Balaban J connectivity index is 1.99. The minimum absolute atomic E-state index is 0.00890. The van der Waals surface area contributed by atoms with Crippen molar-refractivity contribution in [1.82, 2.24) is 9.88 Å². The van der Waals surface area contributed by atoms with E-state index >= 15 is 0 Å². The van der Waals surface area contributed by atoms with Crippen LogP contribution in [0.2, 0.25) is 0 Å². The number of rotatable bonds is 4. The van der Waals surface area contributed by atoms with Crippen molar-refractivity contribution in [2.75, 3.05) is 31.1 Å². The number of amides is 1. The zero-order valence-corrected chi connectivity index (χ0v) is 13.1. The minimum Gasteiger partial charge on any atom is -0.409 e. The first-order valence-electron chi connectivity index (χ1n) is 6.95. The van der Waals surface area contributed by atoms with Crippen molar-refractivity contribution in [3.63, 3.8) is 0 Å². The first-order valence-corrected chi connectivity index (χ1v) is 7.83. The number of anilines is 1. The SMILES string of the molecule is CC(C)C(C(=O)N1CCN(c2nccs2)CC1)C(N)=NO. The third-order valence-electron chi connectivity index (χ3n) is 3.65. The molecule has 1 aromatic heterocycles. The Morgan fingerprint density at radius 3 is 2.57 bits per heavy atom. The maximum atomic E-state index is 12.6. The number of carbonyl (C=O) groups is 1. The molecule has 1 aliphatic rings. The topological polar surface area (TPSA) is 95.1 Å². The molecule has 1 aliphatic heterocycles. The highest BCUT2D eigenvalue weighted by molar-refractivity contribution is 7.13. The van der Waals surface area contributed by atoms with E-state index in [1.165, 1.54) is 0 Å². The quantitative estimate of drug-likeness (QED) is 0.371. The van der Waals surface area contributed by atoms with E-state index < -0.39 is 5.92 Å². The number of amidine groups is 1. The fourth-order valence-corrected chi connectivity index (χ4v) is 3.20. The fourth-order valence-electron chi connectivity index (χ4n) is 2.50. The van der Waals surface area contributed by atoms with Gasteiger partial charge in [0.2, 0.25) is 5.91 Å². The van der Waals surface area contributed by atoms with Gasteiger partial charge in [0.05, 0.1) is 0 Å². The van der Waals surface area contributed by atoms with Gasteiger partial charge in [-0.05, 0) is 5.92 Å². The molecule has 8 heteroatoms. The number of carbonyl (C=O) groups excluding carboxylic acids is 1. The second-order valence-electron chi connectivity index (χ2n) is 5.37. The number of hydrogen-bond donors (Lipinski definition) is 2. The van der Waals surface area contributed by atoms with E-state index in [0.717, 1.165) is 18.2 Å². The lowest BCUT2D eigenvalue weighted by atomic mass is 9.93. The molecule has 1 amide bonds. The molecule has 1 saturated heterocycles. The van der Waals surface area contributed by atoms with Gasteiger partial charge in [-0.15, -0.1) is 11.3 Å². The molecule has 1 fully saturated rings. The van der Waals surface area contributed by atoms with Crippen LogP contribution in [0.4, 0.5) is 5.13 Å². The molecule has 1 atom stereocenters. The highest BCUT2D eigenvalue weighted by atomic mass is 32.1. The summed E-state index contributed by atoms with van der Waals surface area (Å²) < 4.78 is 0. The molecule has 0 bridgehead atoms. The highest BCUT2D eigenvalue weighted by Gasteiger charge is 2.32. The van der Waals surface area contributed by atoms with Gasteiger partial charge < -0.3 is 20.7 Å². The molecule has 2 rings (SSSR count). The number of aromatic nitrogens is 1. The summed E-state index contributed by atoms with van der Waals surface area (Å²) in [6.07, 6.45) is 1.78.